The molecule has 1 aromatic rings. The molecular formula is C12H15N3OS. The van der Waals surface area contributed by atoms with Crippen LogP contribution in [0.4, 0.5) is 0 Å². The van der Waals surface area contributed by atoms with Gasteiger partial charge in [0.1, 0.15) is 0 Å². The molecule has 3 rings (SSSR count). The van der Waals surface area contributed by atoms with E-state index in [1.807, 2.05) is 0 Å². The molecule has 1 atom stereocenters. The minimum atomic E-state index is 0.0112. The van der Waals surface area contributed by atoms with Crippen molar-refractivity contribution in [2.24, 2.45) is 10.8 Å². The van der Waals surface area contributed by atoms with Gasteiger partial charge in [-0.05, 0) is 30.9 Å². The van der Waals surface area contributed by atoms with Gasteiger partial charge in [0.2, 0.25) is 5.91 Å². The number of nitrogens with one attached hydrogen (secondary N) is 1. The first-order valence-corrected chi connectivity index (χ1v) is 6.77. The molecule has 2 heterocycles. The highest BCUT2D eigenvalue weighted by atomic mass is 32.1. The van der Waals surface area contributed by atoms with Gasteiger partial charge in [0.25, 0.3) is 0 Å². The second-order valence-electron chi connectivity index (χ2n) is 4.66. The summed E-state index contributed by atoms with van der Waals surface area (Å²) in [6, 6.07) is 2.53. The summed E-state index contributed by atoms with van der Waals surface area (Å²) in [5, 5.41) is 4.14. The Morgan fingerprint density at radius 2 is 2.29 bits per heavy atom. The van der Waals surface area contributed by atoms with Gasteiger partial charge in [-0.25, -0.2) is 5.43 Å². The normalized spacial score (nSPS) is 23.9. The fourth-order valence-corrected chi connectivity index (χ4v) is 3.65. The van der Waals surface area contributed by atoms with Crippen LogP contribution in [0, 0.1) is 0 Å². The van der Waals surface area contributed by atoms with Crippen LogP contribution in [0.1, 0.15) is 34.6 Å². The number of hydrazone groups is 1. The number of carbonyl (C=O) groups is 1. The molecule has 0 fully saturated rings. The Kier molecular flexibility index (Phi) is 2.72. The SMILES string of the molecule is NC1CCc2cc(C3=NNC(=O)CC3)sc2C1. The van der Waals surface area contributed by atoms with Crippen molar-refractivity contribution in [3.05, 3.63) is 21.4 Å². The molecule has 1 unspecified atom stereocenters. The average molecular weight is 249 g/mol. The number of aryl methyl sites for hydroxylation is 1. The monoisotopic (exact) mass is 249 g/mol. The van der Waals surface area contributed by atoms with Crippen LogP contribution in [0.2, 0.25) is 0 Å². The number of carbonyl (C=O) groups excluding carboxylic acids is 1. The molecule has 0 saturated heterocycles. The van der Waals surface area contributed by atoms with E-state index in [0.717, 1.165) is 31.4 Å². The molecule has 0 saturated carbocycles. The van der Waals surface area contributed by atoms with Crippen molar-refractivity contribution < 1.29 is 4.79 Å². The van der Waals surface area contributed by atoms with E-state index in [1.165, 1.54) is 15.3 Å². The molecule has 5 heteroatoms. The second kappa shape index (κ2) is 4.23. The Morgan fingerprint density at radius 3 is 3.06 bits per heavy atom. The predicted molar refractivity (Wildman–Crippen MR) is 68.2 cm³/mol. The lowest BCUT2D eigenvalue weighted by atomic mass is 9.95. The summed E-state index contributed by atoms with van der Waals surface area (Å²) in [5.41, 5.74) is 11.0. The van der Waals surface area contributed by atoms with Crippen molar-refractivity contribution >= 4 is 23.0 Å². The van der Waals surface area contributed by atoms with Gasteiger partial charge in [-0.2, -0.15) is 5.10 Å². The van der Waals surface area contributed by atoms with Gasteiger partial charge in [0, 0.05) is 23.8 Å². The highest BCUT2D eigenvalue weighted by Gasteiger charge is 2.21. The maximum absolute atomic E-state index is 11.0. The van der Waals surface area contributed by atoms with E-state index >= 15 is 0 Å². The summed E-state index contributed by atoms with van der Waals surface area (Å²) >= 11 is 1.78. The highest BCUT2D eigenvalue weighted by Crippen LogP contribution is 2.30. The van der Waals surface area contributed by atoms with Crippen molar-refractivity contribution in [1.82, 2.24) is 5.43 Å². The highest BCUT2D eigenvalue weighted by molar-refractivity contribution is 7.14. The molecule has 0 radical (unpaired) electrons. The van der Waals surface area contributed by atoms with Gasteiger partial charge in [0.05, 0.1) is 10.6 Å². The fourth-order valence-electron chi connectivity index (χ4n) is 2.33. The van der Waals surface area contributed by atoms with Gasteiger partial charge in [-0.15, -0.1) is 11.3 Å². The standard InChI is InChI=1S/C12H15N3OS/c13-8-2-1-7-5-11(17-10(7)6-8)9-3-4-12(16)15-14-9/h5,8H,1-4,6,13H2,(H,15,16). The second-order valence-corrected chi connectivity index (χ2v) is 5.79. The number of rotatable bonds is 1. The zero-order chi connectivity index (χ0) is 11.8. The van der Waals surface area contributed by atoms with E-state index in [2.05, 4.69) is 16.6 Å². The lowest BCUT2D eigenvalue weighted by molar-refractivity contribution is -0.121. The summed E-state index contributed by atoms with van der Waals surface area (Å²) in [6.07, 6.45) is 4.43. The molecule has 17 heavy (non-hydrogen) atoms. The summed E-state index contributed by atoms with van der Waals surface area (Å²) in [5.74, 6) is 0.0112. The number of hydrogen-bond acceptors (Lipinski definition) is 4. The number of amides is 1. The molecule has 1 aliphatic carbocycles. The maximum Gasteiger partial charge on any atom is 0.240 e. The van der Waals surface area contributed by atoms with E-state index in [-0.39, 0.29) is 5.91 Å². The first-order valence-electron chi connectivity index (χ1n) is 5.95. The van der Waals surface area contributed by atoms with Gasteiger partial charge < -0.3 is 5.73 Å². The van der Waals surface area contributed by atoms with Gasteiger partial charge in [-0.1, -0.05) is 0 Å². The van der Waals surface area contributed by atoms with Crippen LogP contribution in [0.5, 0.6) is 0 Å². The molecule has 0 aromatic carbocycles. The van der Waals surface area contributed by atoms with E-state index in [0.29, 0.717) is 12.5 Å². The topological polar surface area (TPSA) is 67.5 Å². The summed E-state index contributed by atoms with van der Waals surface area (Å²) in [6.45, 7) is 0. The molecule has 1 amide bonds. The van der Waals surface area contributed by atoms with Crippen molar-refractivity contribution in [1.29, 1.82) is 0 Å². The molecule has 90 valence electrons. The van der Waals surface area contributed by atoms with E-state index in [1.54, 1.807) is 11.3 Å². The van der Waals surface area contributed by atoms with Crippen LogP contribution < -0.4 is 11.2 Å². The van der Waals surface area contributed by atoms with Crippen molar-refractivity contribution in [3.63, 3.8) is 0 Å². The molecule has 4 nitrogen and oxygen atoms in total. The Labute approximate surface area is 104 Å². The van der Waals surface area contributed by atoms with Crippen molar-refractivity contribution in [3.8, 4) is 0 Å². The van der Waals surface area contributed by atoms with Crippen LogP contribution in [-0.2, 0) is 17.6 Å². The van der Waals surface area contributed by atoms with Crippen LogP contribution >= 0.6 is 11.3 Å². The number of hydrogen-bond donors (Lipinski definition) is 2. The smallest absolute Gasteiger partial charge is 0.240 e. The first kappa shape index (κ1) is 10.9. The van der Waals surface area contributed by atoms with Gasteiger partial charge in [0.15, 0.2) is 0 Å². The Hall–Kier alpha value is -1.20. The molecule has 1 aromatic heterocycles. The zero-order valence-electron chi connectivity index (χ0n) is 9.53. The molecular weight excluding hydrogens is 234 g/mol. The minimum Gasteiger partial charge on any atom is -0.327 e. The van der Waals surface area contributed by atoms with Crippen molar-refractivity contribution in [2.45, 2.75) is 38.1 Å². The lowest BCUT2D eigenvalue weighted by Crippen LogP contribution is -2.26. The minimum absolute atomic E-state index is 0.0112. The number of fused-ring (bicyclic) bond motifs is 1. The fraction of sp³-hybridized carbons (Fsp3) is 0.500. The Balaban J connectivity index is 1.87. The largest absolute Gasteiger partial charge is 0.327 e. The maximum atomic E-state index is 11.0. The van der Waals surface area contributed by atoms with Gasteiger partial charge in [-0.3, -0.25) is 4.79 Å². The molecule has 3 N–H and O–H groups in total. The average Bonchev–Trinajstić information content (AvgIpc) is 2.72. The third kappa shape index (κ3) is 2.12. The number of thiophene rings is 1. The van der Waals surface area contributed by atoms with Crippen LogP contribution in [0.3, 0.4) is 0 Å². The summed E-state index contributed by atoms with van der Waals surface area (Å²) in [4.78, 5) is 13.6. The Bertz CT molecular complexity index is 492. The van der Waals surface area contributed by atoms with E-state index in [9.17, 15) is 4.79 Å². The molecule has 0 spiro atoms. The van der Waals surface area contributed by atoms with Gasteiger partial charge >= 0.3 is 0 Å². The van der Waals surface area contributed by atoms with Crippen LogP contribution in [-0.4, -0.2) is 17.7 Å². The quantitative estimate of drug-likeness (QED) is 0.784. The van der Waals surface area contributed by atoms with E-state index in [4.69, 9.17) is 5.73 Å². The lowest BCUT2D eigenvalue weighted by Gasteiger charge is -2.16. The summed E-state index contributed by atoms with van der Waals surface area (Å²) in [7, 11) is 0. The van der Waals surface area contributed by atoms with Crippen molar-refractivity contribution in [2.75, 3.05) is 0 Å². The number of nitrogens with two attached hydrogens (primary N) is 1. The third-order valence-electron chi connectivity index (χ3n) is 3.32. The predicted octanol–water partition coefficient (Wildman–Crippen LogP) is 1.18. The molecule has 0 bridgehead atoms. The van der Waals surface area contributed by atoms with Crippen LogP contribution in [0.25, 0.3) is 0 Å². The molecule has 1 aliphatic heterocycles. The number of nitrogens with zero attached hydrogens (tertiary/aromatic N) is 1. The third-order valence-corrected chi connectivity index (χ3v) is 4.57. The first-order chi connectivity index (χ1) is 8.22. The molecule has 2 aliphatic rings. The zero-order valence-corrected chi connectivity index (χ0v) is 10.3. The Morgan fingerprint density at radius 1 is 1.41 bits per heavy atom. The van der Waals surface area contributed by atoms with Crippen LogP contribution in [0.15, 0.2) is 11.2 Å². The summed E-state index contributed by atoms with van der Waals surface area (Å²) < 4.78 is 0. The van der Waals surface area contributed by atoms with E-state index < -0.39 is 0 Å².